The van der Waals surface area contributed by atoms with E-state index in [9.17, 15) is 4.79 Å². The first-order chi connectivity index (χ1) is 12.0. The zero-order valence-corrected chi connectivity index (χ0v) is 15.8. The van der Waals surface area contributed by atoms with Crippen molar-refractivity contribution in [2.75, 3.05) is 5.73 Å². The first kappa shape index (κ1) is 17.3. The normalized spacial score (nSPS) is 11.6. The zero-order chi connectivity index (χ0) is 18.0. The van der Waals surface area contributed by atoms with Crippen molar-refractivity contribution < 1.29 is 4.79 Å². The summed E-state index contributed by atoms with van der Waals surface area (Å²) < 4.78 is 4.20. The van der Waals surface area contributed by atoms with Gasteiger partial charge in [-0.05, 0) is 49.3 Å². The smallest absolute Gasteiger partial charge is 0.282 e. The number of benzene rings is 1. The fourth-order valence-electron chi connectivity index (χ4n) is 2.51. The van der Waals surface area contributed by atoms with Crippen LogP contribution in [-0.2, 0) is 0 Å². The van der Waals surface area contributed by atoms with Gasteiger partial charge in [0.05, 0.1) is 17.0 Å². The molecule has 0 aliphatic rings. The lowest BCUT2D eigenvalue weighted by Crippen LogP contribution is -2.19. The van der Waals surface area contributed by atoms with E-state index in [1.54, 1.807) is 0 Å². The molecule has 25 heavy (non-hydrogen) atoms. The summed E-state index contributed by atoms with van der Waals surface area (Å²) in [5.74, 6) is -0.232. The molecule has 7 heteroatoms. The summed E-state index contributed by atoms with van der Waals surface area (Å²) in [6.07, 6.45) is 0. The van der Waals surface area contributed by atoms with Crippen LogP contribution in [0.1, 0.15) is 33.4 Å². The molecule has 128 valence electrons. The minimum Gasteiger partial charge on any atom is -0.389 e. The fraction of sp³-hybridized carbons (Fsp3) is 0.167. The topological polar surface area (TPSA) is 80.4 Å². The van der Waals surface area contributed by atoms with Gasteiger partial charge in [0.1, 0.15) is 9.88 Å². The maximum atomic E-state index is 12.6. The summed E-state index contributed by atoms with van der Waals surface area (Å²) >= 11 is 2.62. The van der Waals surface area contributed by atoms with Crippen LogP contribution in [0.4, 0.5) is 5.00 Å². The predicted octanol–water partition coefficient (Wildman–Crippen LogP) is 4.22. The van der Waals surface area contributed by atoms with E-state index in [2.05, 4.69) is 14.9 Å². The number of thiophene rings is 1. The molecule has 3 aromatic rings. The zero-order valence-electron chi connectivity index (χ0n) is 14.2. The molecule has 0 unspecified atom stereocenters. The van der Waals surface area contributed by atoms with Gasteiger partial charge < -0.3 is 5.73 Å². The molecule has 5 nitrogen and oxygen atoms in total. The number of hydrogen-bond donors (Lipinski definition) is 2. The van der Waals surface area contributed by atoms with E-state index in [4.69, 9.17) is 5.73 Å². The van der Waals surface area contributed by atoms with Gasteiger partial charge in [0.25, 0.3) is 5.91 Å². The molecule has 0 aliphatic carbocycles. The number of anilines is 1. The molecule has 2 heterocycles. The third kappa shape index (κ3) is 3.62. The Kier molecular flexibility index (Phi) is 4.96. The number of carbonyl (C=O) groups excluding carboxylic acids is 1. The lowest BCUT2D eigenvalue weighted by Gasteiger charge is -2.05. The Morgan fingerprint density at radius 3 is 2.56 bits per heavy atom. The highest BCUT2D eigenvalue weighted by atomic mass is 32.1. The molecule has 0 aliphatic heterocycles. The first-order valence-corrected chi connectivity index (χ1v) is 9.34. The number of aryl methyl sites for hydroxylation is 2. The van der Waals surface area contributed by atoms with Gasteiger partial charge in [0.2, 0.25) is 0 Å². The number of carbonyl (C=O) groups is 1. The van der Waals surface area contributed by atoms with Crippen molar-refractivity contribution in [3.8, 4) is 11.1 Å². The molecule has 1 amide bonds. The molecule has 0 atom stereocenters. The van der Waals surface area contributed by atoms with Crippen LogP contribution in [0.5, 0.6) is 0 Å². The van der Waals surface area contributed by atoms with Crippen LogP contribution < -0.4 is 11.2 Å². The summed E-state index contributed by atoms with van der Waals surface area (Å²) in [5.41, 5.74) is 13.9. The van der Waals surface area contributed by atoms with Crippen molar-refractivity contribution in [3.05, 3.63) is 57.4 Å². The highest BCUT2D eigenvalue weighted by Crippen LogP contribution is 2.28. The van der Waals surface area contributed by atoms with Crippen molar-refractivity contribution in [1.29, 1.82) is 0 Å². The number of amides is 1. The lowest BCUT2D eigenvalue weighted by atomic mass is 10.1. The highest BCUT2D eigenvalue weighted by Gasteiger charge is 2.15. The molecule has 0 saturated heterocycles. The van der Waals surface area contributed by atoms with Crippen molar-refractivity contribution in [2.45, 2.75) is 20.8 Å². The average Bonchev–Trinajstić information content (AvgIpc) is 3.20. The second-order valence-corrected chi connectivity index (χ2v) is 7.40. The quantitative estimate of drug-likeness (QED) is 0.533. The van der Waals surface area contributed by atoms with Crippen LogP contribution in [-0.4, -0.2) is 16.0 Å². The number of nitrogens with zero attached hydrogens (tertiary/aromatic N) is 2. The number of hydrazone groups is 1. The number of hydrogen-bond acceptors (Lipinski definition) is 6. The molecule has 3 N–H and O–H groups in total. The van der Waals surface area contributed by atoms with E-state index in [0.29, 0.717) is 15.6 Å². The van der Waals surface area contributed by atoms with E-state index < -0.39 is 0 Å². The van der Waals surface area contributed by atoms with E-state index in [1.165, 1.54) is 28.4 Å². The third-order valence-corrected chi connectivity index (χ3v) is 5.49. The van der Waals surface area contributed by atoms with E-state index in [-0.39, 0.29) is 5.91 Å². The molecule has 1 aromatic carbocycles. The molecule has 0 spiro atoms. The van der Waals surface area contributed by atoms with Gasteiger partial charge >= 0.3 is 0 Å². The second kappa shape index (κ2) is 7.16. The lowest BCUT2D eigenvalue weighted by molar-refractivity contribution is 0.0959. The van der Waals surface area contributed by atoms with Gasteiger partial charge in [0, 0.05) is 5.56 Å². The van der Waals surface area contributed by atoms with Gasteiger partial charge in [-0.3, -0.25) is 4.79 Å². The highest BCUT2D eigenvalue weighted by molar-refractivity contribution is 7.12. The minimum atomic E-state index is -0.232. The van der Waals surface area contributed by atoms with Crippen LogP contribution in [0, 0.1) is 13.8 Å². The maximum Gasteiger partial charge on any atom is 0.282 e. The summed E-state index contributed by atoms with van der Waals surface area (Å²) in [7, 11) is 0. The van der Waals surface area contributed by atoms with Gasteiger partial charge in [-0.2, -0.15) is 9.47 Å². The van der Waals surface area contributed by atoms with E-state index in [1.807, 2.05) is 56.5 Å². The van der Waals surface area contributed by atoms with Crippen LogP contribution in [0.2, 0.25) is 0 Å². The number of rotatable bonds is 4. The number of nitrogen functional groups attached to an aromatic ring is 1. The fourth-order valence-corrected chi connectivity index (χ4v) is 4.03. The number of aromatic nitrogens is 1. The van der Waals surface area contributed by atoms with Crippen molar-refractivity contribution in [1.82, 2.24) is 9.80 Å². The number of nitrogens with one attached hydrogen (secondary N) is 1. The van der Waals surface area contributed by atoms with Crippen LogP contribution >= 0.6 is 22.9 Å². The average molecular weight is 371 g/mol. The summed E-state index contributed by atoms with van der Waals surface area (Å²) in [4.78, 5) is 13.2. The molecule has 0 bridgehead atoms. The summed E-state index contributed by atoms with van der Waals surface area (Å²) in [5, 5.41) is 6.71. The second-order valence-electron chi connectivity index (χ2n) is 5.67. The number of nitrogens with two attached hydrogens (primary N) is 1. The molecule has 0 radical (unpaired) electrons. The van der Waals surface area contributed by atoms with Crippen LogP contribution in [0.25, 0.3) is 11.1 Å². The Morgan fingerprint density at radius 1 is 1.20 bits per heavy atom. The van der Waals surface area contributed by atoms with Gasteiger partial charge in [0.15, 0.2) is 0 Å². The van der Waals surface area contributed by atoms with Crippen LogP contribution in [0.3, 0.4) is 0 Å². The van der Waals surface area contributed by atoms with E-state index in [0.717, 1.165) is 22.4 Å². The molecule has 2 aromatic heterocycles. The third-order valence-electron chi connectivity index (χ3n) is 3.81. The molecular formula is C18H18N4OS2. The van der Waals surface area contributed by atoms with Gasteiger partial charge in [-0.15, -0.1) is 11.3 Å². The van der Waals surface area contributed by atoms with Gasteiger partial charge in [-0.25, -0.2) is 5.43 Å². The Balaban J connectivity index is 1.82. The standard InChI is InChI=1S/C18H18N4OS2/c1-10-4-6-13(7-5-10)14-8-9-24-16(14)18(23)21-20-11(2)15-12(3)22-25-17(15)19/h4-9H,19H2,1-3H3,(H,21,23)/b20-11-. The largest absolute Gasteiger partial charge is 0.389 e. The summed E-state index contributed by atoms with van der Waals surface area (Å²) in [6.45, 7) is 5.72. The first-order valence-electron chi connectivity index (χ1n) is 7.68. The maximum absolute atomic E-state index is 12.6. The molecule has 0 saturated carbocycles. The Morgan fingerprint density at radius 2 is 1.92 bits per heavy atom. The van der Waals surface area contributed by atoms with Gasteiger partial charge in [-0.1, -0.05) is 29.8 Å². The minimum absolute atomic E-state index is 0.232. The van der Waals surface area contributed by atoms with Crippen molar-refractivity contribution >= 4 is 39.5 Å². The van der Waals surface area contributed by atoms with Crippen molar-refractivity contribution in [2.24, 2.45) is 5.10 Å². The Bertz CT molecular complexity index is 919. The Labute approximate surface area is 154 Å². The molecule has 3 rings (SSSR count). The predicted molar refractivity (Wildman–Crippen MR) is 105 cm³/mol. The Hall–Kier alpha value is -2.51. The molecule has 0 fully saturated rings. The molecular weight excluding hydrogens is 352 g/mol. The summed E-state index contributed by atoms with van der Waals surface area (Å²) in [6, 6.07) is 10.1. The van der Waals surface area contributed by atoms with Crippen molar-refractivity contribution in [3.63, 3.8) is 0 Å². The SMILES string of the molecule is C/C(=N/NC(=O)c1sccc1-c1ccc(C)cc1)c1c(C)nsc1N. The van der Waals surface area contributed by atoms with Crippen LogP contribution in [0.15, 0.2) is 40.8 Å². The van der Waals surface area contributed by atoms with E-state index >= 15 is 0 Å². The monoisotopic (exact) mass is 370 g/mol.